The Morgan fingerprint density at radius 2 is 1.81 bits per heavy atom. The average Bonchev–Trinajstić information content (AvgIpc) is 2.68. The maximum atomic E-state index is 12.3. The molecule has 0 atom stereocenters. The minimum Gasteiger partial charge on any atom is -0.377 e. The van der Waals surface area contributed by atoms with Gasteiger partial charge in [-0.2, -0.15) is 0 Å². The molecule has 0 aromatic heterocycles. The first kappa shape index (κ1) is 21.4. The van der Waals surface area contributed by atoms with E-state index in [9.17, 15) is 9.59 Å². The van der Waals surface area contributed by atoms with Gasteiger partial charge in [0, 0.05) is 25.6 Å². The topological polar surface area (TPSA) is 70.7 Å². The summed E-state index contributed by atoms with van der Waals surface area (Å²) in [5, 5.41) is 5.90. The first-order valence-electron chi connectivity index (χ1n) is 10.0. The van der Waals surface area contributed by atoms with Crippen LogP contribution in [0.5, 0.6) is 0 Å². The molecule has 1 aromatic carbocycles. The van der Waals surface area contributed by atoms with Crippen LogP contribution >= 0.6 is 0 Å². The summed E-state index contributed by atoms with van der Waals surface area (Å²) in [5.41, 5.74) is 2.21. The van der Waals surface area contributed by atoms with Gasteiger partial charge in [-0.3, -0.25) is 14.5 Å². The molecule has 6 heteroatoms. The number of nitrogens with zero attached hydrogens (tertiary/aromatic N) is 1. The first-order valence-corrected chi connectivity index (χ1v) is 10.0. The molecule has 0 bridgehead atoms. The predicted octanol–water partition coefficient (Wildman–Crippen LogP) is 2.08. The lowest BCUT2D eigenvalue weighted by molar-refractivity contribution is -0.126. The van der Waals surface area contributed by atoms with Crippen molar-refractivity contribution in [1.82, 2.24) is 15.5 Å². The van der Waals surface area contributed by atoms with Crippen LogP contribution in [0.3, 0.4) is 0 Å². The number of carbonyl (C=O) groups excluding carboxylic acids is 2. The maximum Gasteiger partial charge on any atom is 0.234 e. The van der Waals surface area contributed by atoms with Crippen molar-refractivity contribution in [2.24, 2.45) is 5.92 Å². The van der Waals surface area contributed by atoms with Gasteiger partial charge in [-0.05, 0) is 50.4 Å². The van der Waals surface area contributed by atoms with Crippen molar-refractivity contribution in [3.8, 4) is 0 Å². The summed E-state index contributed by atoms with van der Waals surface area (Å²) < 4.78 is 5.63. The Bertz CT molecular complexity index is 598. The zero-order valence-corrected chi connectivity index (χ0v) is 16.6. The molecule has 27 heavy (non-hydrogen) atoms. The monoisotopic (exact) mass is 375 g/mol. The maximum absolute atomic E-state index is 12.3. The number of rotatable bonds is 10. The van der Waals surface area contributed by atoms with Gasteiger partial charge >= 0.3 is 0 Å². The molecule has 1 heterocycles. The zero-order chi connectivity index (χ0) is 19.5. The van der Waals surface area contributed by atoms with Gasteiger partial charge in [-0.25, -0.2) is 0 Å². The highest BCUT2D eigenvalue weighted by Crippen LogP contribution is 2.17. The summed E-state index contributed by atoms with van der Waals surface area (Å²) in [5.74, 6) is 0.249. The minimum absolute atomic E-state index is 0.0238. The van der Waals surface area contributed by atoms with Gasteiger partial charge in [0.2, 0.25) is 11.8 Å². The second-order valence-electron chi connectivity index (χ2n) is 7.04. The van der Waals surface area contributed by atoms with Crippen LogP contribution in [-0.4, -0.2) is 49.5 Å². The summed E-state index contributed by atoms with van der Waals surface area (Å²) in [6.45, 7) is 8.49. The van der Waals surface area contributed by atoms with E-state index in [1.165, 1.54) is 0 Å². The molecule has 1 aromatic rings. The van der Waals surface area contributed by atoms with E-state index in [0.29, 0.717) is 26.2 Å². The fourth-order valence-electron chi connectivity index (χ4n) is 3.32. The fraction of sp³-hybridized carbons (Fsp3) is 0.619. The molecule has 0 spiro atoms. The van der Waals surface area contributed by atoms with Crippen LogP contribution in [0.1, 0.15) is 44.2 Å². The number of piperidine rings is 1. The molecular formula is C21H33N3O3. The number of carbonyl (C=O) groups is 2. The normalized spacial score (nSPS) is 15.5. The average molecular weight is 376 g/mol. The molecule has 0 aliphatic carbocycles. The fourth-order valence-corrected chi connectivity index (χ4v) is 3.32. The number of ether oxygens (including phenoxy) is 1. The molecule has 1 saturated heterocycles. The van der Waals surface area contributed by atoms with E-state index in [4.69, 9.17) is 4.74 Å². The molecular weight excluding hydrogens is 342 g/mol. The third kappa shape index (κ3) is 7.31. The smallest absolute Gasteiger partial charge is 0.234 e. The van der Waals surface area contributed by atoms with Gasteiger partial charge in [0.15, 0.2) is 0 Å². The van der Waals surface area contributed by atoms with Crippen molar-refractivity contribution in [3.63, 3.8) is 0 Å². The van der Waals surface area contributed by atoms with E-state index in [2.05, 4.69) is 22.5 Å². The number of nitrogens with one attached hydrogen (secondary N) is 2. The molecule has 1 aliphatic heterocycles. The van der Waals surface area contributed by atoms with Crippen molar-refractivity contribution < 1.29 is 14.3 Å². The Morgan fingerprint density at radius 1 is 1.11 bits per heavy atom. The highest BCUT2D eigenvalue weighted by atomic mass is 16.5. The number of likely N-dealkylation sites (tertiary alicyclic amines) is 1. The van der Waals surface area contributed by atoms with Crippen molar-refractivity contribution in [3.05, 3.63) is 35.4 Å². The second-order valence-corrected chi connectivity index (χ2v) is 7.04. The SMILES string of the molecule is CCCOCc1ccccc1CNC(=O)CN1CCC(C(=O)NCC)CC1. The molecule has 6 nitrogen and oxygen atoms in total. The van der Waals surface area contributed by atoms with Crippen LogP contribution in [0.15, 0.2) is 24.3 Å². The lowest BCUT2D eigenvalue weighted by Crippen LogP contribution is -2.44. The van der Waals surface area contributed by atoms with Crippen molar-refractivity contribution in [2.75, 3.05) is 32.8 Å². The second kappa shape index (κ2) is 11.7. The first-order chi connectivity index (χ1) is 13.1. The molecule has 1 fully saturated rings. The van der Waals surface area contributed by atoms with E-state index in [1.807, 2.05) is 31.2 Å². The highest BCUT2D eigenvalue weighted by Gasteiger charge is 2.25. The van der Waals surface area contributed by atoms with Gasteiger partial charge < -0.3 is 15.4 Å². The Kier molecular flexibility index (Phi) is 9.28. The van der Waals surface area contributed by atoms with E-state index in [1.54, 1.807) is 0 Å². The Hall–Kier alpha value is -1.92. The van der Waals surface area contributed by atoms with Crippen LogP contribution < -0.4 is 10.6 Å². The van der Waals surface area contributed by atoms with E-state index < -0.39 is 0 Å². The summed E-state index contributed by atoms with van der Waals surface area (Å²) in [6.07, 6.45) is 2.63. The Morgan fingerprint density at radius 3 is 2.48 bits per heavy atom. The van der Waals surface area contributed by atoms with Crippen molar-refractivity contribution in [1.29, 1.82) is 0 Å². The van der Waals surface area contributed by atoms with Crippen molar-refractivity contribution >= 4 is 11.8 Å². The number of benzene rings is 1. The van der Waals surface area contributed by atoms with Gasteiger partial charge in [0.25, 0.3) is 0 Å². The Balaban J connectivity index is 1.73. The molecule has 2 N–H and O–H groups in total. The van der Waals surface area contributed by atoms with Crippen LogP contribution in [0, 0.1) is 5.92 Å². The van der Waals surface area contributed by atoms with Crippen molar-refractivity contribution in [2.45, 2.75) is 46.3 Å². The molecule has 2 rings (SSSR count). The number of hydrogen-bond donors (Lipinski definition) is 2. The predicted molar refractivity (Wildman–Crippen MR) is 106 cm³/mol. The molecule has 150 valence electrons. The molecule has 0 saturated carbocycles. The summed E-state index contributed by atoms with van der Waals surface area (Å²) in [7, 11) is 0. The largest absolute Gasteiger partial charge is 0.377 e. The third-order valence-corrected chi connectivity index (χ3v) is 4.88. The highest BCUT2D eigenvalue weighted by molar-refractivity contribution is 5.79. The quantitative estimate of drug-likeness (QED) is 0.614. The molecule has 2 amide bonds. The lowest BCUT2D eigenvalue weighted by atomic mass is 9.96. The zero-order valence-electron chi connectivity index (χ0n) is 16.6. The van der Waals surface area contributed by atoms with Gasteiger partial charge in [-0.1, -0.05) is 31.2 Å². The molecule has 0 radical (unpaired) electrons. The molecule has 0 unspecified atom stereocenters. The standard InChI is InChI=1S/C21H33N3O3/c1-3-13-27-16-19-8-6-5-7-18(19)14-23-20(25)15-24-11-9-17(10-12-24)21(26)22-4-2/h5-8,17H,3-4,9-16H2,1-2H3,(H,22,26)(H,23,25). The van der Waals surface area contributed by atoms with E-state index in [-0.39, 0.29) is 17.7 Å². The summed E-state index contributed by atoms with van der Waals surface area (Å²) >= 11 is 0. The third-order valence-electron chi connectivity index (χ3n) is 4.88. The van der Waals surface area contributed by atoms with Gasteiger partial charge in [0.1, 0.15) is 0 Å². The van der Waals surface area contributed by atoms with E-state index in [0.717, 1.165) is 50.1 Å². The van der Waals surface area contributed by atoms with Crippen LogP contribution in [-0.2, 0) is 27.5 Å². The summed E-state index contributed by atoms with van der Waals surface area (Å²) in [6, 6.07) is 8.05. The lowest BCUT2D eigenvalue weighted by Gasteiger charge is -2.30. The van der Waals surface area contributed by atoms with Crippen LogP contribution in [0.25, 0.3) is 0 Å². The van der Waals surface area contributed by atoms with Crippen LogP contribution in [0.2, 0.25) is 0 Å². The molecule has 1 aliphatic rings. The Labute approximate surface area is 162 Å². The summed E-state index contributed by atoms with van der Waals surface area (Å²) in [4.78, 5) is 26.3. The van der Waals surface area contributed by atoms with E-state index >= 15 is 0 Å². The van der Waals surface area contributed by atoms with Crippen LogP contribution in [0.4, 0.5) is 0 Å². The van der Waals surface area contributed by atoms with Gasteiger partial charge in [0.05, 0.1) is 13.2 Å². The van der Waals surface area contributed by atoms with Gasteiger partial charge in [-0.15, -0.1) is 0 Å². The minimum atomic E-state index is 0.0238. The number of amides is 2. The number of hydrogen-bond acceptors (Lipinski definition) is 4.